The molecule has 0 unspecified atom stereocenters. The van der Waals surface area contributed by atoms with Gasteiger partial charge in [0.1, 0.15) is 6.04 Å². The average Bonchev–Trinajstić information content (AvgIpc) is 3.00. The van der Waals surface area contributed by atoms with Gasteiger partial charge in [-0.05, 0) is 24.7 Å². The second-order valence-corrected chi connectivity index (χ2v) is 7.71. The summed E-state index contributed by atoms with van der Waals surface area (Å²) in [6, 6.07) is -4.56. The lowest BCUT2D eigenvalue weighted by molar-refractivity contribution is -0.142. The first kappa shape index (κ1) is 24.7. The van der Waals surface area contributed by atoms with Gasteiger partial charge < -0.3 is 20.7 Å². The van der Waals surface area contributed by atoms with Crippen molar-refractivity contribution < 1.29 is 32.7 Å². The summed E-state index contributed by atoms with van der Waals surface area (Å²) in [6.45, 7) is 5.98. The molecule has 9 nitrogen and oxygen atoms in total. The zero-order valence-electron chi connectivity index (χ0n) is 17.1. The number of ether oxygens (including phenoxy) is 1. The Morgan fingerprint density at radius 3 is 2.31 bits per heavy atom. The second kappa shape index (κ2) is 11.0. The Labute approximate surface area is 168 Å². The highest BCUT2D eigenvalue weighted by Gasteiger charge is 2.37. The highest BCUT2D eigenvalue weighted by atomic mass is 19.3. The van der Waals surface area contributed by atoms with Crippen molar-refractivity contribution in [3.63, 3.8) is 0 Å². The summed E-state index contributed by atoms with van der Waals surface area (Å²) in [5.41, 5.74) is 5.28. The van der Waals surface area contributed by atoms with Crippen LogP contribution in [0.15, 0.2) is 0 Å². The molecular formula is C18H30F2N4O5. The molecule has 1 aliphatic heterocycles. The maximum atomic E-state index is 13.4. The third kappa shape index (κ3) is 7.56. The third-order valence-corrected chi connectivity index (χ3v) is 4.82. The van der Waals surface area contributed by atoms with E-state index in [1.165, 1.54) is 7.05 Å². The number of amides is 5. The van der Waals surface area contributed by atoms with Gasteiger partial charge in [0.05, 0.1) is 12.5 Å². The second-order valence-electron chi connectivity index (χ2n) is 7.71. The largest absolute Gasteiger partial charge is 0.377 e. The van der Waals surface area contributed by atoms with E-state index in [-0.39, 0.29) is 30.8 Å². The first-order chi connectivity index (χ1) is 13.4. The molecule has 166 valence electrons. The molecule has 4 N–H and O–H groups in total. The van der Waals surface area contributed by atoms with Gasteiger partial charge in [-0.1, -0.05) is 20.8 Å². The van der Waals surface area contributed by atoms with Crippen LogP contribution in [-0.4, -0.2) is 66.9 Å². The predicted octanol–water partition coefficient (Wildman–Crippen LogP) is 0.619. The Balaban J connectivity index is 2.72. The van der Waals surface area contributed by atoms with E-state index in [4.69, 9.17) is 10.5 Å². The molecule has 0 bridgehead atoms. The fourth-order valence-electron chi connectivity index (χ4n) is 3.07. The third-order valence-electron chi connectivity index (χ3n) is 4.82. The van der Waals surface area contributed by atoms with E-state index in [9.17, 15) is 28.0 Å². The van der Waals surface area contributed by atoms with Crippen molar-refractivity contribution in [2.75, 3.05) is 13.7 Å². The van der Waals surface area contributed by atoms with Gasteiger partial charge in [-0.25, -0.2) is 13.6 Å². The van der Waals surface area contributed by atoms with E-state index in [0.717, 1.165) is 11.3 Å². The molecule has 29 heavy (non-hydrogen) atoms. The first-order valence-electron chi connectivity index (χ1n) is 9.50. The lowest BCUT2D eigenvalue weighted by Gasteiger charge is -2.30. The van der Waals surface area contributed by atoms with Crippen molar-refractivity contribution in [2.45, 2.75) is 64.6 Å². The maximum absolute atomic E-state index is 13.4. The minimum absolute atomic E-state index is 0.0261. The van der Waals surface area contributed by atoms with Crippen molar-refractivity contribution >= 4 is 23.8 Å². The quantitative estimate of drug-likeness (QED) is 0.503. The molecule has 11 heteroatoms. The lowest BCUT2D eigenvalue weighted by Crippen LogP contribution is -2.58. The summed E-state index contributed by atoms with van der Waals surface area (Å²) in [4.78, 5) is 48.7. The van der Waals surface area contributed by atoms with Crippen molar-refractivity contribution in [3.05, 3.63) is 0 Å². The number of likely N-dealkylation sites (N-methyl/N-ethyl adjacent to an activating group) is 1. The number of carbonyl (C=O) groups excluding carboxylic acids is 4. The average molecular weight is 420 g/mol. The molecule has 0 aromatic heterocycles. The summed E-state index contributed by atoms with van der Waals surface area (Å²) in [7, 11) is 1.17. The Morgan fingerprint density at radius 1 is 1.24 bits per heavy atom. The molecular weight excluding hydrogens is 390 g/mol. The number of nitrogens with one attached hydrogen (secondary N) is 2. The van der Waals surface area contributed by atoms with Crippen LogP contribution in [-0.2, 0) is 19.1 Å². The van der Waals surface area contributed by atoms with Crippen molar-refractivity contribution in [1.29, 1.82) is 0 Å². The number of urea groups is 1. The smallest absolute Gasteiger partial charge is 0.322 e. The SMILES string of the molecule is CC(C)C[C@@H](C(N)=O)N(C)C(=O)[C@H](NC(=O)NC(=O)C[C@@H]1OCC[C@H]1C)C(F)F. The summed E-state index contributed by atoms with van der Waals surface area (Å²) >= 11 is 0. The molecule has 0 saturated carbocycles. The minimum atomic E-state index is -3.25. The number of halogens is 2. The van der Waals surface area contributed by atoms with Crippen molar-refractivity contribution in [2.24, 2.45) is 17.6 Å². The van der Waals surface area contributed by atoms with Gasteiger partial charge in [-0.2, -0.15) is 0 Å². The summed E-state index contributed by atoms with van der Waals surface area (Å²) in [6.07, 6.45) is -2.74. The van der Waals surface area contributed by atoms with Gasteiger partial charge in [0.25, 0.3) is 12.3 Å². The van der Waals surface area contributed by atoms with Crippen LogP contribution in [0.2, 0.25) is 0 Å². The number of hydrogen-bond donors (Lipinski definition) is 3. The van der Waals surface area contributed by atoms with Crippen LogP contribution in [0.5, 0.6) is 0 Å². The van der Waals surface area contributed by atoms with Gasteiger partial charge in [0, 0.05) is 13.7 Å². The zero-order chi connectivity index (χ0) is 22.3. The fourth-order valence-corrected chi connectivity index (χ4v) is 3.07. The van der Waals surface area contributed by atoms with Gasteiger partial charge in [-0.15, -0.1) is 0 Å². The molecule has 1 rings (SSSR count). The molecule has 1 fully saturated rings. The molecule has 1 aliphatic rings. The van der Waals surface area contributed by atoms with Gasteiger partial charge in [0.2, 0.25) is 11.8 Å². The molecule has 5 amide bonds. The minimum Gasteiger partial charge on any atom is -0.377 e. The fraction of sp³-hybridized carbons (Fsp3) is 0.778. The Hall–Kier alpha value is -2.30. The number of primary amides is 1. The van der Waals surface area contributed by atoms with Crippen LogP contribution >= 0.6 is 0 Å². The molecule has 0 radical (unpaired) electrons. The van der Waals surface area contributed by atoms with E-state index in [2.05, 4.69) is 0 Å². The molecule has 0 aromatic rings. The van der Waals surface area contributed by atoms with E-state index >= 15 is 0 Å². The van der Waals surface area contributed by atoms with Crippen molar-refractivity contribution in [3.8, 4) is 0 Å². The van der Waals surface area contributed by atoms with Crippen LogP contribution < -0.4 is 16.4 Å². The monoisotopic (exact) mass is 420 g/mol. The number of carbonyl (C=O) groups is 4. The standard InChI is InChI=1S/C18H30F2N4O5/c1-9(2)7-11(16(21)26)24(4)17(27)14(15(19)20)23-18(28)22-13(25)8-12-10(3)5-6-29-12/h9-12,14-15H,5-8H2,1-4H3,(H2,21,26)(H2,22,23,25,28)/t10-,11+,12+,14-/m1/s1. The number of rotatable bonds is 9. The van der Waals surface area contributed by atoms with E-state index < -0.39 is 42.3 Å². The highest BCUT2D eigenvalue weighted by molar-refractivity contribution is 5.97. The van der Waals surface area contributed by atoms with Crippen LogP contribution in [0.3, 0.4) is 0 Å². The highest BCUT2D eigenvalue weighted by Crippen LogP contribution is 2.22. The Kier molecular flexibility index (Phi) is 9.41. The van der Waals surface area contributed by atoms with E-state index in [0.29, 0.717) is 6.61 Å². The summed E-state index contributed by atoms with van der Waals surface area (Å²) in [5, 5.41) is 3.73. The topological polar surface area (TPSA) is 131 Å². The Morgan fingerprint density at radius 2 is 1.86 bits per heavy atom. The maximum Gasteiger partial charge on any atom is 0.322 e. The molecule has 1 saturated heterocycles. The number of alkyl halides is 2. The molecule has 0 spiro atoms. The number of nitrogens with zero attached hydrogens (tertiary/aromatic N) is 1. The zero-order valence-corrected chi connectivity index (χ0v) is 17.1. The van der Waals surface area contributed by atoms with Crippen LogP contribution in [0.25, 0.3) is 0 Å². The van der Waals surface area contributed by atoms with Gasteiger partial charge in [0.15, 0.2) is 6.04 Å². The first-order valence-corrected chi connectivity index (χ1v) is 9.50. The van der Waals surface area contributed by atoms with Crippen LogP contribution in [0.4, 0.5) is 13.6 Å². The summed E-state index contributed by atoms with van der Waals surface area (Å²) < 4.78 is 32.2. The van der Waals surface area contributed by atoms with E-state index in [1.54, 1.807) is 19.2 Å². The van der Waals surface area contributed by atoms with Crippen LogP contribution in [0.1, 0.15) is 40.0 Å². The van der Waals surface area contributed by atoms with Gasteiger partial charge in [-0.3, -0.25) is 19.7 Å². The molecule has 0 aromatic carbocycles. The van der Waals surface area contributed by atoms with Crippen molar-refractivity contribution in [1.82, 2.24) is 15.5 Å². The molecule has 1 heterocycles. The normalized spacial score (nSPS) is 21.0. The predicted molar refractivity (Wildman–Crippen MR) is 99.8 cm³/mol. The van der Waals surface area contributed by atoms with Crippen LogP contribution in [0, 0.1) is 11.8 Å². The molecule has 0 aliphatic carbocycles. The number of imide groups is 1. The number of hydrogen-bond acceptors (Lipinski definition) is 5. The lowest BCUT2D eigenvalue weighted by atomic mass is 10.0. The van der Waals surface area contributed by atoms with Gasteiger partial charge >= 0.3 is 6.03 Å². The summed E-state index contributed by atoms with van der Waals surface area (Å²) in [5.74, 6) is -2.61. The number of nitrogens with two attached hydrogens (primary N) is 1. The molecule has 4 atom stereocenters. The van der Waals surface area contributed by atoms with E-state index in [1.807, 2.05) is 12.2 Å². The Bertz CT molecular complexity index is 617.